The minimum Gasteiger partial charge on any atom is -0.497 e. The van der Waals surface area contributed by atoms with E-state index in [1.54, 1.807) is 36.5 Å². The zero-order valence-electron chi connectivity index (χ0n) is 18.1. The van der Waals surface area contributed by atoms with Gasteiger partial charge in [0, 0.05) is 37.3 Å². The van der Waals surface area contributed by atoms with Gasteiger partial charge in [0.25, 0.3) is 0 Å². The van der Waals surface area contributed by atoms with Gasteiger partial charge >= 0.3 is 5.69 Å². The van der Waals surface area contributed by atoms with Crippen molar-refractivity contribution in [1.82, 2.24) is 14.1 Å². The number of carbonyl (C=O) groups is 1. The number of carbonyl (C=O) groups excluding carboxylic acids is 1. The van der Waals surface area contributed by atoms with Crippen LogP contribution in [-0.4, -0.2) is 34.2 Å². The quantitative estimate of drug-likeness (QED) is 0.657. The van der Waals surface area contributed by atoms with E-state index < -0.39 is 0 Å². The second-order valence-corrected chi connectivity index (χ2v) is 8.09. The van der Waals surface area contributed by atoms with Crippen molar-refractivity contribution in [3.05, 3.63) is 46.9 Å². The molecular weight excluding hydrogens is 396 g/mol. The average molecular weight is 425 g/mol. The highest BCUT2D eigenvalue weighted by Gasteiger charge is 2.28. The molecule has 0 atom stereocenters. The largest absolute Gasteiger partial charge is 0.497 e. The van der Waals surface area contributed by atoms with Crippen molar-refractivity contribution in [1.29, 1.82) is 0 Å². The van der Waals surface area contributed by atoms with E-state index in [1.165, 1.54) is 0 Å². The van der Waals surface area contributed by atoms with Crippen LogP contribution in [-0.2, 0) is 18.4 Å². The van der Waals surface area contributed by atoms with Gasteiger partial charge in [0.05, 0.1) is 19.7 Å². The Morgan fingerprint density at radius 3 is 2.61 bits per heavy atom. The molecule has 1 aliphatic rings. The number of ether oxygens (including phenoxy) is 2. The summed E-state index contributed by atoms with van der Waals surface area (Å²) in [6, 6.07) is 11.0. The van der Waals surface area contributed by atoms with Gasteiger partial charge in [0.15, 0.2) is 5.65 Å². The van der Waals surface area contributed by atoms with Gasteiger partial charge in [0.1, 0.15) is 5.75 Å². The molecule has 8 heteroatoms. The molecule has 1 aliphatic carbocycles. The van der Waals surface area contributed by atoms with Gasteiger partial charge in [-0.05, 0) is 49.8 Å². The molecule has 0 aliphatic heterocycles. The van der Waals surface area contributed by atoms with Gasteiger partial charge in [0.2, 0.25) is 11.8 Å². The van der Waals surface area contributed by atoms with Gasteiger partial charge < -0.3 is 14.8 Å². The van der Waals surface area contributed by atoms with Crippen LogP contribution in [0.3, 0.4) is 0 Å². The SMILES string of the molecule is COc1cccc(NC(=O)C2CCC(Cn3c(=O)n(C)c4ccc(OC)nc43)CC2)c1. The fraction of sp³-hybridized carbons (Fsp3) is 0.435. The Labute approximate surface area is 180 Å². The van der Waals surface area contributed by atoms with Crippen LogP contribution >= 0.6 is 0 Å². The highest BCUT2D eigenvalue weighted by molar-refractivity contribution is 5.92. The molecule has 164 valence electrons. The number of nitrogens with zero attached hydrogens (tertiary/aromatic N) is 3. The molecule has 8 nitrogen and oxygen atoms in total. The number of hydrogen-bond acceptors (Lipinski definition) is 5. The third-order valence-corrected chi connectivity index (χ3v) is 6.17. The third-order valence-electron chi connectivity index (χ3n) is 6.17. The first-order valence-corrected chi connectivity index (χ1v) is 10.6. The standard InChI is InChI=1S/C23H28N4O4/c1-26-19-11-12-20(31-3)25-21(19)27(23(26)29)14-15-7-9-16(10-8-15)22(28)24-17-5-4-6-18(13-17)30-2/h4-6,11-13,15-16H,7-10,14H2,1-3H3,(H,24,28). The maximum Gasteiger partial charge on any atom is 0.330 e. The van der Waals surface area contributed by atoms with E-state index in [9.17, 15) is 9.59 Å². The number of fused-ring (bicyclic) bond motifs is 1. The van der Waals surface area contributed by atoms with E-state index in [2.05, 4.69) is 10.3 Å². The molecule has 3 aromatic rings. The number of amides is 1. The van der Waals surface area contributed by atoms with Crippen molar-refractivity contribution in [3.63, 3.8) is 0 Å². The van der Waals surface area contributed by atoms with E-state index in [4.69, 9.17) is 9.47 Å². The molecule has 4 rings (SSSR count). The van der Waals surface area contributed by atoms with Crippen LogP contribution in [0.4, 0.5) is 5.69 Å². The van der Waals surface area contributed by atoms with Gasteiger partial charge in [-0.3, -0.25) is 13.9 Å². The van der Waals surface area contributed by atoms with Crippen molar-refractivity contribution in [2.45, 2.75) is 32.2 Å². The molecule has 2 aromatic heterocycles. The van der Waals surface area contributed by atoms with Crippen LogP contribution in [0.25, 0.3) is 11.2 Å². The zero-order valence-corrected chi connectivity index (χ0v) is 18.1. The number of nitrogens with one attached hydrogen (secondary N) is 1. The van der Waals surface area contributed by atoms with Crippen molar-refractivity contribution in [3.8, 4) is 11.6 Å². The lowest BCUT2D eigenvalue weighted by Crippen LogP contribution is -2.31. The van der Waals surface area contributed by atoms with E-state index in [1.807, 2.05) is 30.3 Å². The van der Waals surface area contributed by atoms with Gasteiger partial charge in [-0.1, -0.05) is 6.07 Å². The molecule has 1 saturated carbocycles. The van der Waals surface area contributed by atoms with Gasteiger partial charge in [-0.2, -0.15) is 4.98 Å². The summed E-state index contributed by atoms with van der Waals surface area (Å²) >= 11 is 0. The Kier molecular flexibility index (Phi) is 5.97. The van der Waals surface area contributed by atoms with E-state index in [-0.39, 0.29) is 17.5 Å². The fourth-order valence-electron chi connectivity index (χ4n) is 4.35. The number of benzene rings is 1. The maximum atomic E-state index is 12.8. The monoisotopic (exact) mass is 424 g/mol. The number of aromatic nitrogens is 3. The smallest absolute Gasteiger partial charge is 0.330 e. The first kappa shape index (κ1) is 21.0. The number of aryl methyl sites for hydroxylation is 1. The van der Waals surface area contributed by atoms with Crippen molar-refractivity contribution in [2.75, 3.05) is 19.5 Å². The molecule has 0 spiro atoms. The Balaban J connectivity index is 1.41. The Morgan fingerprint density at radius 1 is 1.13 bits per heavy atom. The maximum absolute atomic E-state index is 12.8. The summed E-state index contributed by atoms with van der Waals surface area (Å²) in [5.41, 5.74) is 2.10. The second kappa shape index (κ2) is 8.83. The van der Waals surface area contributed by atoms with Gasteiger partial charge in [-0.15, -0.1) is 0 Å². The average Bonchev–Trinajstić information content (AvgIpc) is 3.03. The fourth-order valence-corrected chi connectivity index (χ4v) is 4.35. The van der Waals surface area contributed by atoms with Crippen LogP contribution in [0.5, 0.6) is 11.6 Å². The Hall–Kier alpha value is -3.29. The Morgan fingerprint density at radius 2 is 1.90 bits per heavy atom. The van der Waals surface area contributed by atoms with Crippen LogP contribution in [0.2, 0.25) is 0 Å². The lowest BCUT2D eigenvalue weighted by Gasteiger charge is -2.28. The Bertz CT molecular complexity index is 1140. The number of pyridine rings is 1. The number of imidazole rings is 1. The van der Waals surface area contributed by atoms with Crippen LogP contribution < -0.4 is 20.5 Å². The van der Waals surface area contributed by atoms with Crippen LogP contribution in [0.15, 0.2) is 41.2 Å². The van der Waals surface area contributed by atoms with Crippen molar-refractivity contribution in [2.24, 2.45) is 18.9 Å². The van der Waals surface area contributed by atoms with Crippen LogP contribution in [0, 0.1) is 11.8 Å². The third kappa shape index (κ3) is 4.28. The molecule has 1 aromatic carbocycles. The minimum atomic E-state index is -0.0753. The molecular formula is C23H28N4O4. The molecule has 0 bridgehead atoms. The molecule has 0 unspecified atom stereocenters. The molecule has 1 N–H and O–H groups in total. The summed E-state index contributed by atoms with van der Waals surface area (Å²) in [4.78, 5) is 30.0. The van der Waals surface area contributed by atoms with E-state index in [0.29, 0.717) is 29.7 Å². The normalized spacial score (nSPS) is 18.7. The number of methoxy groups -OCH3 is 2. The first-order valence-electron chi connectivity index (χ1n) is 10.6. The topological polar surface area (TPSA) is 87.4 Å². The highest BCUT2D eigenvalue weighted by atomic mass is 16.5. The molecule has 1 fully saturated rings. The van der Waals surface area contributed by atoms with Gasteiger partial charge in [-0.25, -0.2) is 4.79 Å². The van der Waals surface area contributed by atoms with Crippen molar-refractivity contribution >= 4 is 22.8 Å². The number of anilines is 1. The summed E-state index contributed by atoms with van der Waals surface area (Å²) in [6.45, 7) is 0.598. The first-order chi connectivity index (χ1) is 15.0. The van der Waals surface area contributed by atoms with E-state index >= 15 is 0 Å². The lowest BCUT2D eigenvalue weighted by molar-refractivity contribution is -0.121. The summed E-state index contributed by atoms with van der Waals surface area (Å²) in [6.07, 6.45) is 3.39. The summed E-state index contributed by atoms with van der Waals surface area (Å²) in [5, 5.41) is 3.00. The summed E-state index contributed by atoms with van der Waals surface area (Å²) < 4.78 is 13.8. The second-order valence-electron chi connectivity index (χ2n) is 8.09. The number of hydrogen-bond donors (Lipinski definition) is 1. The number of rotatable bonds is 6. The van der Waals surface area contributed by atoms with Crippen LogP contribution in [0.1, 0.15) is 25.7 Å². The zero-order chi connectivity index (χ0) is 22.0. The summed E-state index contributed by atoms with van der Waals surface area (Å²) in [5.74, 6) is 1.56. The molecule has 0 radical (unpaired) electrons. The lowest BCUT2D eigenvalue weighted by atomic mass is 9.81. The van der Waals surface area contributed by atoms with E-state index in [0.717, 1.165) is 36.9 Å². The van der Waals surface area contributed by atoms with Crippen molar-refractivity contribution < 1.29 is 14.3 Å². The highest BCUT2D eigenvalue weighted by Crippen LogP contribution is 2.31. The predicted molar refractivity (Wildman–Crippen MR) is 119 cm³/mol. The molecule has 0 saturated heterocycles. The minimum absolute atomic E-state index is 0.0232. The summed E-state index contributed by atoms with van der Waals surface area (Å²) in [7, 11) is 4.93. The molecule has 1 amide bonds. The molecule has 2 heterocycles. The predicted octanol–water partition coefficient (Wildman–Crippen LogP) is 3.20. The molecule has 31 heavy (non-hydrogen) atoms.